The van der Waals surface area contributed by atoms with Crippen LogP contribution in [0.1, 0.15) is 40.8 Å². The van der Waals surface area contributed by atoms with E-state index in [0.717, 1.165) is 12.8 Å². The summed E-state index contributed by atoms with van der Waals surface area (Å²) in [5.74, 6) is -0.838. The molecule has 86 valence electrons. The highest BCUT2D eigenvalue weighted by atomic mass is 16.5. The molecular weight excluding hydrogens is 212 g/mol. The number of hydrogen-bond acceptors (Lipinski definition) is 4. The third-order valence-corrected chi connectivity index (χ3v) is 2.57. The molecule has 6 nitrogen and oxygen atoms in total. The van der Waals surface area contributed by atoms with Crippen molar-refractivity contribution in [3.8, 4) is 0 Å². The maximum Gasteiger partial charge on any atom is 0.343 e. The minimum Gasteiger partial charge on any atom is -0.477 e. The predicted molar refractivity (Wildman–Crippen MR) is 54.5 cm³/mol. The van der Waals surface area contributed by atoms with Crippen molar-refractivity contribution in [1.29, 1.82) is 0 Å². The molecule has 2 N–H and O–H groups in total. The lowest BCUT2D eigenvalue weighted by molar-refractivity contribution is 0.0691. The van der Waals surface area contributed by atoms with Crippen molar-refractivity contribution in [3.05, 3.63) is 27.4 Å². The fourth-order valence-electron chi connectivity index (χ4n) is 1.81. The van der Waals surface area contributed by atoms with Crippen LogP contribution in [-0.4, -0.2) is 27.7 Å². The number of rotatable bonds is 2. The van der Waals surface area contributed by atoms with Crippen LogP contribution < -0.4 is 5.56 Å². The first-order valence-electron chi connectivity index (χ1n) is 5.05. The van der Waals surface area contributed by atoms with E-state index in [2.05, 4.69) is 9.97 Å². The molecule has 1 atom stereocenters. The molecule has 0 aliphatic carbocycles. The second-order valence-electron chi connectivity index (χ2n) is 3.72. The summed E-state index contributed by atoms with van der Waals surface area (Å²) in [7, 11) is 0. The Morgan fingerprint density at radius 1 is 1.62 bits per heavy atom. The second kappa shape index (κ2) is 4.05. The number of nitrogens with one attached hydrogen (secondary N) is 1. The van der Waals surface area contributed by atoms with Crippen molar-refractivity contribution in [3.63, 3.8) is 0 Å². The van der Waals surface area contributed by atoms with Crippen LogP contribution in [0.15, 0.2) is 4.79 Å². The van der Waals surface area contributed by atoms with E-state index in [0.29, 0.717) is 12.4 Å². The number of hydrogen-bond donors (Lipinski definition) is 2. The van der Waals surface area contributed by atoms with Crippen molar-refractivity contribution < 1.29 is 14.6 Å². The van der Waals surface area contributed by atoms with Gasteiger partial charge < -0.3 is 14.8 Å². The zero-order valence-corrected chi connectivity index (χ0v) is 8.82. The minimum atomic E-state index is -1.26. The first-order valence-corrected chi connectivity index (χ1v) is 5.05. The van der Waals surface area contributed by atoms with Gasteiger partial charge in [-0.05, 0) is 19.8 Å². The molecule has 2 rings (SSSR count). The Morgan fingerprint density at radius 2 is 2.38 bits per heavy atom. The molecule has 1 aromatic heterocycles. The molecule has 1 aliphatic heterocycles. The van der Waals surface area contributed by atoms with Gasteiger partial charge >= 0.3 is 5.97 Å². The van der Waals surface area contributed by atoms with Crippen molar-refractivity contribution in [2.45, 2.75) is 25.9 Å². The standard InChI is InChI=1S/C10H12N2O4/c1-5-7(10(14)15)9(13)12-8(11-5)6-3-2-4-16-6/h6H,2-4H2,1H3,(H,14,15)(H,11,12,13). The number of carboxylic acids is 1. The Kier molecular flexibility index (Phi) is 2.74. The zero-order valence-electron chi connectivity index (χ0n) is 8.82. The second-order valence-corrected chi connectivity index (χ2v) is 3.72. The lowest BCUT2D eigenvalue weighted by Crippen LogP contribution is -2.23. The van der Waals surface area contributed by atoms with Gasteiger partial charge in [-0.25, -0.2) is 9.78 Å². The predicted octanol–water partition coefficient (Wildman–Crippen LogP) is 0.628. The Bertz CT molecular complexity index is 474. The molecule has 0 aromatic carbocycles. The van der Waals surface area contributed by atoms with Crippen LogP contribution in [0.2, 0.25) is 0 Å². The summed E-state index contributed by atoms with van der Waals surface area (Å²) in [4.78, 5) is 28.9. The number of aromatic nitrogens is 2. The maximum absolute atomic E-state index is 11.5. The number of aromatic carboxylic acids is 1. The quantitative estimate of drug-likeness (QED) is 0.768. The van der Waals surface area contributed by atoms with E-state index in [1.54, 1.807) is 0 Å². The normalized spacial score (nSPS) is 19.9. The van der Waals surface area contributed by atoms with E-state index in [-0.39, 0.29) is 17.4 Å². The Balaban J connectivity index is 2.44. The van der Waals surface area contributed by atoms with Crippen LogP contribution in [0.5, 0.6) is 0 Å². The van der Waals surface area contributed by atoms with Crippen molar-refractivity contribution in [1.82, 2.24) is 9.97 Å². The maximum atomic E-state index is 11.5. The SMILES string of the molecule is Cc1nc(C2CCCO2)[nH]c(=O)c1C(=O)O. The molecule has 1 aromatic rings. The summed E-state index contributed by atoms with van der Waals surface area (Å²) in [5.41, 5.74) is -0.700. The molecular formula is C10H12N2O4. The monoisotopic (exact) mass is 224 g/mol. The van der Waals surface area contributed by atoms with E-state index >= 15 is 0 Å². The highest BCUT2D eigenvalue weighted by molar-refractivity contribution is 5.88. The van der Waals surface area contributed by atoms with Gasteiger partial charge in [0.2, 0.25) is 0 Å². The van der Waals surface area contributed by atoms with Crippen LogP contribution in [0.25, 0.3) is 0 Å². The number of carboxylic acid groups (broad SMARTS) is 1. The summed E-state index contributed by atoms with van der Waals surface area (Å²) >= 11 is 0. The Hall–Kier alpha value is -1.69. The molecule has 2 heterocycles. The van der Waals surface area contributed by atoms with Gasteiger partial charge in [-0.15, -0.1) is 0 Å². The van der Waals surface area contributed by atoms with Gasteiger partial charge in [0.25, 0.3) is 5.56 Å². The average Bonchev–Trinajstić information content (AvgIpc) is 2.67. The van der Waals surface area contributed by atoms with Crippen molar-refractivity contribution in [2.24, 2.45) is 0 Å². The highest BCUT2D eigenvalue weighted by Gasteiger charge is 2.23. The number of aromatic amines is 1. The highest BCUT2D eigenvalue weighted by Crippen LogP contribution is 2.25. The fraction of sp³-hybridized carbons (Fsp3) is 0.500. The molecule has 0 amide bonds. The summed E-state index contributed by atoms with van der Waals surface area (Å²) < 4.78 is 5.37. The lowest BCUT2D eigenvalue weighted by atomic mass is 10.2. The smallest absolute Gasteiger partial charge is 0.343 e. The fourth-order valence-corrected chi connectivity index (χ4v) is 1.81. The molecule has 0 saturated carbocycles. The van der Waals surface area contributed by atoms with Crippen LogP contribution >= 0.6 is 0 Å². The van der Waals surface area contributed by atoms with Crippen LogP contribution in [-0.2, 0) is 4.74 Å². The third-order valence-electron chi connectivity index (χ3n) is 2.57. The largest absolute Gasteiger partial charge is 0.477 e. The molecule has 1 saturated heterocycles. The van der Waals surface area contributed by atoms with Crippen molar-refractivity contribution >= 4 is 5.97 Å². The molecule has 1 aliphatic rings. The Labute approximate surface area is 91.3 Å². The van der Waals surface area contributed by atoms with Gasteiger partial charge in [-0.3, -0.25) is 4.79 Å². The van der Waals surface area contributed by atoms with E-state index in [1.807, 2.05) is 0 Å². The molecule has 0 radical (unpaired) electrons. The van der Waals surface area contributed by atoms with E-state index in [9.17, 15) is 9.59 Å². The van der Waals surface area contributed by atoms with E-state index in [4.69, 9.17) is 9.84 Å². The number of H-pyrrole nitrogens is 1. The topological polar surface area (TPSA) is 92.3 Å². The number of ether oxygens (including phenoxy) is 1. The summed E-state index contributed by atoms with van der Waals surface area (Å²) in [6.45, 7) is 2.16. The summed E-state index contributed by atoms with van der Waals surface area (Å²) in [5, 5.41) is 8.81. The van der Waals surface area contributed by atoms with Crippen LogP contribution in [0.3, 0.4) is 0 Å². The summed E-state index contributed by atoms with van der Waals surface area (Å²) in [6, 6.07) is 0. The van der Waals surface area contributed by atoms with Gasteiger partial charge in [0.1, 0.15) is 17.5 Å². The molecule has 0 bridgehead atoms. The first kappa shape index (κ1) is 10.8. The van der Waals surface area contributed by atoms with Gasteiger partial charge in [0, 0.05) is 6.61 Å². The Morgan fingerprint density at radius 3 is 2.88 bits per heavy atom. The van der Waals surface area contributed by atoms with Gasteiger partial charge in [-0.2, -0.15) is 0 Å². The number of aryl methyl sites for hydroxylation is 1. The average molecular weight is 224 g/mol. The zero-order chi connectivity index (χ0) is 11.7. The van der Waals surface area contributed by atoms with Gasteiger partial charge in [0.15, 0.2) is 0 Å². The molecule has 1 unspecified atom stereocenters. The lowest BCUT2D eigenvalue weighted by Gasteiger charge is -2.09. The minimum absolute atomic E-state index is 0.214. The molecule has 1 fully saturated rings. The molecule has 6 heteroatoms. The number of carbonyl (C=O) groups is 1. The van der Waals surface area contributed by atoms with Crippen LogP contribution in [0.4, 0.5) is 0 Å². The molecule has 0 spiro atoms. The molecule has 16 heavy (non-hydrogen) atoms. The van der Waals surface area contributed by atoms with E-state index < -0.39 is 11.5 Å². The number of nitrogens with zero attached hydrogens (tertiary/aromatic N) is 1. The van der Waals surface area contributed by atoms with Gasteiger partial charge in [0.05, 0.1) is 5.69 Å². The van der Waals surface area contributed by atoms with Crippen molar-refractivity contribution in [2.75, 3.05) is 6.61 Å². The first-order chi connectivity index (χ1) is 7.59. The van der Waals surface area contributed by atoms with E-state index in [1.165, 1.54) is 6.92 Å². The van der Waals surface area contributed by atoms with Gasteiger partial charge in [-0.1, -0.05) is 0 Å². The van der Waals surface area contributed by atoms with Crippen LogP contribution in [0, 0.1) is 6.92 Å². The third kappa shape index (κ3) is 1.83. The summed E-state index contributed by atoms with van der Waals surface area (Å²) in [6.07, 6.45) is 1.51.